The normalized spacial score (nSPS) is 50.4. The first-order chi connectivity index (χ1) is 6.31. The van der Waals surface area contributed by atoms with Crippen LogP contribution in [-0.4, -0.2) is 11.9 Å². The third-order valence-corrected chi connectivity index (χ3v) is 4.38. The standard InChI is InChI=1S/C11H17NO/c1-2-8(13)12-11-9-6-3-4-7(5-6)10(9)11/h6-7,9-11H,2-5H2,1H3,(H,12,13). The van der Waals surface area contributed by atoms with E-state index in [-0.39, 0.29) is 5.91 Å². The third kappa shape index (κ3) is 0.976. The van der Waals surface area contributed by atoms with Gasteiger partial charge in [-0.15, -0.1) is 0 Å². The monoisotopic (exact) mass is 179 g/mol. The summed E-state index contributed by atoms with van der Waals surface area (Å²) in [5.74, 6) is 3.96. The minimum absolute atomic E-state index is 0.249. The molecule has 2 nitrogen and oxygen atoms in total. The quantitative estimate of drug-likeness (QED) is 0.684. The first kappa shape index (κ1) is 7.84. The van der Waals surface area contributed by atoms with Gasteiger partial charge in [-0.3, -0.25) is 4.79 Å². The molecule has 1 amide bonds. The maximum Gasteiger partial charge on any atom is 0.219 e. The molecule has 3 aliphatic carbocycles. The number of hydrogen-bond acceptors (Lipinski definition) is 1. The molecule has 0 aromatic heterocycles. The molecule has 0 radical (unpaired) electrons. The summed E-state index contributed by atoms with van der Waals surface area (Å²) in [6.45, 7) is 1.93. The lowest BCUT2D eigenvalue weighted by Crippen LogP contribution is -2.29. The van der Waals surface area contributed by atoms with Crippen molar-refractivity contribution in [1.29, 1.82) is 0 Å². The van der Waals surface area contributed by atoms with Crippen LogP contribution in [0.15, 0.2) is 0 Å². The number of amides is 1. The van der Waals surface area contributed by atoms with Gasteiger partial charge in [-0.05, 0) is 42.9 Å². The van der Waals surface area contributed by atoms with E-state index in [4.69, 9.17) is 0 Å². The molecule has 0 saturated heterocycles. The average Bonchev–Trinajstić information content (AvgIpc) is 2.60. The summed E-state index contributed by atoms with van der Waals surface area (Å²) in [6, 6.07) is 0.582. The second-order valence-corrected chi connectivity index (χ2v) is 4.93. The van der Waals surface area contributed by atoms with Crippen molar-refractivity contribution in [3.63, 3.8) is 0 Å². The zero-order chi connectivity index (χ0) is 9.00. The van der Waals surface area contributed by atoms with E-state index in [1.54, 1.807) is 0 Å². The van der Waals surface area contributed by atoms with Crippen LogP contribution in [0.1, 0.15) is 32.6 Å². The van der Waals surface area contributed by atoms with Gasteiger partial charge in [0.2, 0.25) is 5.91 Å². The van der Waals surface area contributed by atoms with E-state index >= 15 is 0 Å². The third-order valence-electron chi connectivity index (χ3n) is 4.38. The fraction of sp³-hybridized carbons (Fsp3) is 0.909. The van der Waals surface area contributed by atoms with Crippen molar-refractivity contribution in [2.24, 2.45) is 23.7 Å². The van der Waals surface area contributed by atoms with Crippen molar-refractivity contribution < 1.29 is 4.79 Å². The van der Waals surface area contributed by atoms with E-state index in [0.717, 1.165) is 23.7 Å². The molecule has 3 rings (SSSR count). The number of carbonyl (C=O) groups is 1. The van der Waals surface area contributed by atoms with Gasteiger partial charge in [0.15, 0.2) is 0 Å². The minimum Gasteiger partial charge on any atom is -0.353 e. The second-order valence-electron chi connectivity index (χ2n) is 4.93. The van der Waals surface area contributed by atoms with Gasteiger partial charge in [-0.2, -0.15) is 0 Å². The lowest BCUT2D eigenvalue weighted by molar-refractivity contribution is -0.121. The van der Waals surface area contributed by atoms with E-state index in [2.05, 4.69) is 5.32 Å². The Kier molecular flexibility index (Phi) is 1.50. The summed E-state index contributed by atoms with van der Waals surface area (Å²) >= 11 is 0. The smallest absolute Gasteiger partial charge is 0.219 e. The Hall–Kier alpha value is -0.530. The summed E-state index contributed by atoms with van der Waals surface area (Å²) in [5.41, 5.74) is 0. The summed E-state index contributed by atoms with van der Waals surface area (Å²) in [4.78, 5) is 11.2. The highest BCUT2D eigenvalue weighted by Crippen LogP contribution is 2.65. The Balaban J connectivity index is 1.64. The second kappa shape index (κ2) is 2.49. The summed E-state index contributed by atoms with van der Waals surface area (Å²) in [7, 11) is 0. The number of carbonyl (C=O) groups excluding carboxylic acids is 1. The number of hydrogen-bond donors (Lipinski definition) is 1. The van der Waals surface area contributed by atoms with Gasteiger partial charge < -0.3 is 5.32 Å². The molecule has 4 unspecified atom stereocenters. The van der Waals surface area contributed by atoms with E-state index in [9.17, 15) is 4.79 Å². The molecule has 3 fully saturated rings. The largest absolute Gasteiger partial charge is 0.353 e. The summed E-state index contributed by atoms with van der Waals surface area (Å²) < 4.78 is 0. The average molecular weight is 179 g/mol. The Morgan fingerprint density at radius 1 is 1.31 bits per heavy atom. The van der Waals surface area contributed by atoms with E-state index in [0.29, 0.717) is 12.5 Å². The van der Waals surface area contributed by atoms with Crippen molar-refractivity contribution >= 4 is 5.91 Å². The molecule has 13 heavy (non-hydrogen) atoms. The molecule has 0 heterocycles. The van der Waals surface area contributed by atoms with Gasteiger partial charge in [-0.25, -0.2) is 0 Å². The lowest BCUT2D eigenvalue weighted by atomic mass is 10.0. The highest BCUT2D eigenvalue weighted by Gasteiger charge is 2.65. The van der Waals surface area contributed by atoms with Gasteiger partial charge in [0.05, 0.1) is 0 Å². The van der Waals surface area contributed by atoms with Crippen molar-refractivity contribution in [3.8, 4) is 0 Å². The van der Waals surface area contributed by atoms with Gasteiger partial charge in [0.25, 0.3) is 0 Å². The molecular weight excluding hydrogens is 162 g/mol. The maximum absolute atomic E-state index is 11.2. The lowest BCUT2D eigenvalue weighted by Gasteiger charge is -2.09. The topological polar surface area (TPSA) is 29.1 Å². The molecule has 2 bridgehead atoms. The van der Waals surface area contributed by atoms with Gasteiger partial charge in [0, 0.05) is 12.5 Å². The molecule has 0 spiro atoms. The number of fused-ring (bicyclic) bond motifs is 5. The van der Waals surface area contributed by atoms with Crippen LogP contribution in [0.4, 0.5) is 0 Å². The van der Waals surface area contributed by atoms with Crippen LogP contribution >= 0.6 is 0 Å². The maximum atomic E-state index is 11.2. The van der Waals surface area contributed by atoms with Gasteiger partial charge in [0.1, 0.15) is 0 Å². The SMILES string of the molecule is CCC(=O)NC1C2C3CCC(C3)C12. The van der Waals surface area contributed by atoms with Crippen LogP contribution in [0.5, 0.6) is 0 Å². The first-order valence-electron chi connectivity index (χ1n) is 5.60. The fourth-order valence-corrected chi connectivity index (χ4v) is 3.81. The molecule has 0 aromatic rings. The zero-order valence-corrected chi connectivity index (χ0v) is 8.12. The molecule has 1 N–H and O–H groups in total. The Morgan fingerprint density at radius 2 is 1.92 bits per heavy atom. The summed E-state index contributed by atoms with van der Waals surface area (Å²) in [5, 5.41) is 3.17. The highest BCUT2D eigenvalue weighted by molar-refractivity contribution is 5.76. The first-order valence-corrected chi connectivity index (χ1v) is 5.60. The summed E-state index contributed by atoms with van der Waals surface area (Å²) in [6.07, 6.45) is 4.98. The predicted molar refractivity (Wildman–Crippen MR) is 50.0 cm³/mol. The zero-order valence-electron chi connectivity index (χ0n) is 8.12. The van der Waals surface area contributed by atoms with Crippen LogP contribution in [-0.2, 0) is 4.79 Å². The van der Waals surface area contributed by atoms with Crippen LogP contribution in [0, 0.1) is 23.7 Å². The van der Waals surface area contributed by atoms with Crippen LogP contribution < -0.4 is 5.32 Å². The van der Waals surface area contributed by atoms with Crippen LogP contribution in [0.25, 0.3) is 0 Å². The molecule has 3 saturated carbocycles. The minimum atomic E-state index is 0.249. The Bertz CT molecular complexity index is 234. The number of rotatable bonds is 2. The molecule has 0 aliphatic heterocycles. The van der Waals surface area contributed by atoms with Crippen molar-refractivity contribution in [3.05, 3.63) is 0 Å². The van der Waals surface area contributed by atoms with Crippen molar-refractivity contribution in [2.75, 3.05) is 0 Å². The van der Waals surface area contributed by atoms with E-state index < -0.39 is 0 Å². The molecule has 4 atom stereocenters. The van der Waals surface area contributed by atoms with Gasteiger partial charge >= 0.3 is 0 Å². The number of nitrogens with one attached hydrogen (secondary N) is 1. The Labute approximate surface area is 79.1 Å². The molecule has 0 aromatic carbocycles. The molecular formula is C11H17NO. The predicted octanol–water partition coefficient (Wildman–Crippen LogP) is 1.56. The van der Waals surface area contributed by atoms with Crippen molar-refractivity contribution in [2.45, 2.75) is 38.6 Å². The Morgan fingerprint density at radius 3 is 2.46 bits per heavy atom. The molecule has 2 heteroatoms. The highest BCUT2D eigenvalue weighted by atomic mass is 16.1. The fourth-order valence-electron chi connectivity index (χ4n) is 3.81. The van der Waals surface area contributed by atoms with Gasteiger partial charge in [-0.1, -0.05) is 6.92 Å². The van der Waals surface area contributed by atoms with E-state index in [1.165, 1.54) is 19.3 Å². The van der Waals surface area contributed by atoms with Crippen LogP contribution in [0.3, 0.4) is 0 Å². The van der Waals surface area contributed by atoms with Crippen molar-refractivity contribution in [1.82, 2.24) is 5.32 Å². The molecule has 3 aliphatic rings. The van der Waals surface area contributed by atoms with Crippen LogP contribution in [0.2, 0.25) is 0 Å². The molecule has 72 valence electrons. The van der Waals surface area contributed by atoms with E-state index in [1.807, 2.05) is 6.92 Å².